The molecule has 2 saturated carbocycles. The maximum atomic E-state index is 10.1. The summed E-state index contributed by atoms with van der Waals surface area (Å²) in [6.45, 7) is 3.39. The molecule has 0 spiro atoms. The number of nitrogens with one attached hydrogen (secondary N) is 1. The van der Waals surface area contributed by atoms with Crippen LogP contribution in [0.15, 0.2) is 0 Å². The van der Waals surface area contributed by atoms with Gasteiger partial charge in [-0.1, -0.05) is 26.2 Å². The quantitative estimate of drug-likeness (QED) is 0.674. The SMILES string of the molecule is CC1CCC(OCC(O)CNC2(CO)CCCCC2)CC1. The minimum Gasteiger partial charge on any atom is -0.394 e. The molecule has 0 bridgehead atoms. The first-order valence-corrected chi connectivity index (χ1v) is 8.79. The third-order valence-electron chi connectivity index (χ3n) is 5.31. The zero-order chi connectivity index (χ0) is 15.1. The van der Waals surface area contributed by atoms with Gasteiger partial charge < -0.3 is 20.3 Å². The second-order valence-corrected chi connectivity index (χ2v) is 7.25. The van der Waals surface area contributed by atoms with E-state index in [4.69, 9.17) is 4.74 Å². The van der Waals surface area contributed by atoms with Gasteiger partial charge in [0, 0.05) is 12.1 Å². The smallest absolute Gasteiger partial charge is 0.0898 e. The summed E-state index contributed by atoms with van der Waals surface area (Å²) in [6.07, 6.45) is 10.2. The average molecular weight is 299 g/mol. The standard InChI is InChI=1S/C17H33NO3/c1-14-5-7-16(8-6-14)21-12-15(20)11-18-17(13-19)9-3-2-4-10-17/h14-16,18-20H,2-13H2,1H3. The van der Waals surface area contributed by atoms with Gasteiger partial charge in [-0.2, -0.15) is 0 Å². The van der Waals surface area contributed by atoms with Crippen LogP contribution in [0.25, 0.3) is 0 Å². The predicted molar refractivity (Wildman–Crippen MR) is 84.3 cm³/mol. The molecule has 0 aliphatic heterocycles. The first-order valence-electron chi connectivity index (χ1n) is 8.79. The van der Waals surface area contributed by atoms with Crippen molar-refractivity contribution in [1.29, 1.82) is 0 Å². The van der Waals surface area contributed by atoms with Gasteiger partial charge in [0.05, 0.1) is 25.4 Å². The van der Waals surface area contributed by atoms with Crippen molar-refractivity contribution in [2.75, 3.05) is 19.8 Å². The summed E-state index contributed by atoms with van der Waals surface area (Å²) in [5.41, 5.74) is -0.167. The van der Waals surface area contributed by atoms with Crippen molar-refractivity contribution < 1.29 is 14.9 Å². The van der Waals surface area contributed by atoms with Crippen molar-refractivity contribution >= 4 is 0 Å². The van der Waals surface area contributed by atoms with Crippen LogP contribution < -0.4 is 5.32 Å². The lowest BCUT2D eigenvalue weighted by molar-refractivity contribution is -0.0315. The molecule has 2 aliphatic rings. The van der Waals surface area contributed by atoms with Crippen LogP contribution in [0.2, 0.25) is 0 Å². The van der Waals surface area contributed by atoms with E-state index in [2.05, 4.69) is 12.2 Å². The number of β-amino-alcohol motifs (C(OH)–C–C–N with tert-alkyl or cyclic N) is 1. The van der Waals surface area contributed by atoms with Crippen LogP contribution >= 0.6 is 0 Å². The van der Waals surface area contributed by atoms with E-state index in [-0.39, 0.29) is 12.1 Å². The molecule has 124 valence electrons. The van der Waals surface area contributed by atoms with Gasteiger partial charge in [0.2, 0.25) is 0 Å². The van der Waals surface area contributed by atoms with Crippen molar-refractivity contribution in [3.8, 4) is 0 Å². The fraction of sp³-hybridized carbons (Fsp3) is 1.00. The van der Waals surface area contributed by atoms with E-state index in [9.17, 15) is 10.2 Å². The van der Waals surface area contributed by atoms with Crippen molar-refractivity contribution in [2.45, 2.75) is 82.5 Å². The normalized spacial score (nSPS) is 31.0. The lowest BCUT2D eigenvalue weighted by Crippen LogP contribution is -2.52. The molecule has 1 atom stereocenters. The maximum absolute atomic E-state index is 10.1. The molecule has 2 fully saturated rings. The Bertz CT molecular complexity index is 284. The van der Waals surface area contributed by atoms with E-state index in [0.29, 0.717) is 19.3 Å². The molecule has 2 aliphatic carbocycles. The van der Waals surface area contributed by atoms with Gasteiger partial charge in [-0.15, -0.1) is 0 Å². The molecule has 4 heteroatoms. The van der Waals surface area contributed by atoms with Crippen LogP contribution in [0.3, 0.4) is 0 Å². The molecule has 1 unspecified atom stereocenters. The van der Waals surface area contributed by atoms with Crippen molar-refractivity contribution in [3.63, 3.8) is 0 Å². The molecule has 21 heavy (non-hydrogen) atoms. The summed E-state index contributed by atoms with van der Waals surface area (Å²) in [5.74, 6) is 0.826. The van der Waals surface area contributed by atoms with Gasteiger partial charge in [0.15, 0.2) is 0 Å². The Morgan fingerprint density at radius 1 is 1.14 bits per heavy atom. The molecule has 0 aromatic heterocycles. The Kier molecular flexibility index (Phi) is 6.93. The average Bonchev–Trinajstić information content (AvgIpc) is 2.53. The zero-order valence-electron chi connectivity index (χ0n) is 13.5. The summed E-state index contributed by atoms with van der Waals surface area (Å²) in [4.78, 5) is 0. The molecule has 0 aromatic rings. The van der Waals surface area contributed by atoms with Crippen LogP contribution in [0, 0.1) is 5.92 Å². The number of hydrogen-bond acceptors (Lipinski definition) is 4. The maximum Gasteiger partial charge on any atom is 0.0898 e. The van der Waals surface area contributed by atoms with Crippen molar-refractivity contribution in [2.24, 2.45) is 5.92 Å². The number of hydrogen-bond donors (Lipinski definition) is 3. The highest BCUT2D eigenvalue weighted by Gasteiger charge is 2.31. The number of aliphatic hydroxyl groups excluding tert-OH is 2. The van der Waals surface area contributed by atoms with Gasteiger partial charge in [-0.3, -0.25) is 0 Å². The Labute approximate surface area is 129 Å². The summed E-state index contributed by atoms with van der Waals surface area (Å²) in [5, 5.41) is 23.1. The number of rotatable bonds is 7. The van der Waals surface area contributed by atoms with E-state index in [1.807, 2.05) is 0 Å². The molecule has 2 rings (SSSR count). The zero-order valence-corrected chi connectivity index (χ0v) is 13.5. The molecule has 0 radical (unpaired) electrons. The predicted octanol–water partition coefficient (Wildman–Crippen LogP) is 2.23. The van der Waals surface area contributed by atoms with E-state index < -0.39 is 6.10 Å². The minimum atomic E-state index is -0.477. The highest BCUT2D eigenvalue weighted by Crippen LogP contribution is 2.28. The molecular formula is C17H33NO3. The first kappa shape index (κ1) is 17.2. The van der Waals surface area contributed by atoms with E-state index in [0.717, 1.165) is 31.6 Å². The molecule has 0 heterocycles. The molecule has 0 aromatic carbocycles. The molecule has 0 amide bonds. The first-order chi connectivity index (χ1) is 10.1. The summed E-state index contributed by atoms with van der Waals surface area (Å²) in [7, 11) is 0. The fourth-order valence-electron chi connectivity index (χ4n) is 3.66. The fourth-order valence-corrected chi connectivity index (χ4v) is 3.66. The largest absolute Gasteiger partial charge is 0.394 e. The van der Waals surface area contributed by atoms with Crippen molar-refractivity contribution in [3.05, 3.63) is 0 Å². The van der Waals surface area contributed by atoms with Crippen LogP contribution in [-0.2, 0) is 4.74 Å². The molecular weight excluding hydrogens is 266 g/mol. The number of aliphatic hydroxyl groups is 2. The third kappa shape index (κ3) is 5.51. The lowest BCUT2D eigenvalue weighted by Gasteiger charge is -2.37. The molecule has 0 saturated heterocycles. The van der Waals surface area contributed by atoms with Gasteiger partial charge >= 0.3 is 0 Å². The van der Waals surface area contributed by atoms with E-state index in [1.54, 1.807) is 0 Å². The van der Waals surface area contributed by atoms with E-state index >= 15 is 0 Å². The van der Waals surface area contributed by atoms with Crippen LogP contribution in [0.1, 0.15) is 64.7 Å². The number of ether oxygens (including phenoxy) is 1. The Balaban J connectivity index is 1.63. The Morgan fingerprint density at radius 3 is 2.43 bits per heavy atom. The highest BCUT2D eigenvalue weighted by atomic mass is 16.5. The van der Waals surface area contributed by atoms with Crippen LogP contribution in [-0.4, -0.2) is 47.7 Å². The monoisotopic (exact) mass is 299 g/mol. The molecule has 4 nitrogen and oxygen atoms in total. The topological polar surface area (TPSA) is 61.7 Å². The minimum absolute atomic E-state index is 0.167. The lowest BCUT2D eigenvalue weighted by atomic mass is 9.82. The van der Waals surface area contributed by atoms with Gasteiger partial charge in [0.25, 0.3) is 0 Å². The second kappa shape index (κ2) is 8.47. The van der Waals surface area contributed by atoms with Crippen molar-refractivity contribution in [1.82, 2.24) is 5.32 Å². The Hall–Kier alpha value is -0.160. The summed E-state index contributed by atoms with van der Waals surface area (Å²) in [6, 6.07) is 0. The second-order valence-electron chi connectivity index (χ2n) is 7.25. The van der Waals surface area contributed by atoms with Gasteiger partial charge in [-0.05, 0) is 44.4 Å². The highest BCUT2D eigenvalue weighted by molar-refractivity contribution is 4.90. The van der Waals surface area contributed by atoms with Crippen LogP contribution in [0.5, 0.6) is 0 Å². The van der Waals surface area contributed by atoms with Gasteiger partial charge in [-0.25, -0.2) is 0 Å². The summed E-state index contributed by atoms with van der Waals surface area (Å²) < 4.78 is 5.85. The Morgan fingerprint density at radius 2 is 1.81 bits per heavy atom. The van der Waals surface area contributed by atoms with Gasteiger partial charge in [0.1, 0.15) is 0 Å². The summed E-state index contributed by atoms with van der Waals surface area (Å²) >= 11 is 0. The van der Waals surface area contributed by atoms with E-state index in [1.165, 1.54) is 32.1 Å². The third-order valence-corrected chi connectivity index (χ3v) is 5.31. The van der Waals surface area contributed by atoms with Crippen LogP contribution in [0.4, 0.5) is 0 Å². The molecule has 3 N–H and O–H groups in total.